The maximum atomic E-state index is 6.70. The zero-order valence-electron chi connectivity index (χ0n) is 28.6. The van der Waals surface area contributed by atoms with Gasteiger partial charge in [0, 0.05) is 33.1 Å². The molecule has 0 aromatic heterocycles. The van der Waals surface area contributed by atoms with Crippen LogP contribution in [0.4, 0.5) is 17.1 Å². The first-order chi connectivity index (χ1) is 25.0. The number of anilines is 3. The predicted octanol–water partition coefficient (Wildman–Crippen LogP) is 13.7. The third kappa shape index (κ3) is 4.64. The van der Waals surface area contributed by atoms with Gasteiger partial charge in [0.25, 0.3) is 0 Å². The zero-order valence-corrected chi connectivity index (χ0v) is 28.6. The molecule has 2 aliphatic rings. The van der Waals surface area contributed by atoms with Crippen molar-refractivity contribution in [2.24, 2.45) is 0 Å². The van der Waals surface area contributed by atoms with Gasteiger partial charge >= 0.3 is 0 Å². The van der Waals surface area contributed by atoms with Crippen LogP contribution in [-0.4, -0.2) is 0 Å². The first-order valence-electron chi connectivity index (χ1n) is 17.7. The van der Waals surface area contributed by atoms with E-state index in [0.717, 1.165) is 50.5 Å². The summed E-state index contributed by atoms with van der Waals surface area (Å²) in [5.41, 5.74) is 15.7. The molecule has 51 heavy (non-hydrogen) atoms. The SMILES string of the molecule is CC1(C)c2ccc(-c3ccccc3)cc2-c2ccc(N(c3ccccc3)c3ccc4c5c(cccc35)-c3ccc(-c5ccccc5)cc3O4)cc21. The Hall–Kier alpha value is -6.38. The van der Waals surface area contributed by atoms with Crippen molar-refractivity contribution in [3.8, 4) is 56.0 Å². The van der Waals surface area contributed by atoms with Gasteiger partial charge in [-0.15, -0.1) is 0 Å². The molecule has 8 aromatic rings. The summed E-state index contributed by atoms with van der Waals surface area (Å²) in [6, 6.07) is 63.5. The molecule has 242 valence electrons. The highest BCUT2D eigenvalue weighted by molar-refractivity contribution is 6.11. The fraction of sp³-hybridized carbons (Fsp3) is 0.0612. The molecular formula is C49H35NO. The number of fused-ring (bicyclic) bond motifs is 5. The second kappa shape index (κ2) is 11.3. The number of benzene rings is 8. The van der Waals surface area contributed by atoms with Gasteiger partial charge in [-0.25, -0.2) is 0 Å². The van der Waals surface area contributed by atoms with Crippen molar-refractivity contribution < 1.29 is 4.74 Å². The second-order valence-corrected chi connectivity index (χ2v) is 14.1. The molecule has 0 N–H and O–H groups in total. The van der Waals surface area contributed by atoms with Crippen molar-refractivity contribution in [3.05, 3.63) is 187 Å². The molecule has 1 heterocycles. The van der Waals surface area contributed by atoms with Crippen LogP contribution in [0.3, 0.4) is 0 Å². The maximum Gasteiger partial charge on any atom is 0.136 e. The van der Waals surface area contributed by atoms with E-state index in [-0.39, 0.29) is 5.41 Å². The fourth-order valence-electron chi connectivity index (χ4n) is 8.32. The first kappa shape index (κ1) is 29.5. The van der Waals surface area contributed by atoms with E-state index in [4.69, 9.17) is 4.74 Å². The van der Waals surface area contributed by atoms with Gasteiger partial charge in [0.2, 0.25) is 0 Å². The number of para-hydroxylation sites is 1. The van der Waals surface area contributed by atoms with Gasteiger partial charge < -0.3 is 9.64 Å². The molecule has 2 nitrogen and oxygen atoms in total. The Morgan fingerprint density at radius 3 is 1.82 bits per heavy atom. The molecule has 1 aliphatic heterocycles. The molecular weight excluding hydrogens is 619 g/mol. The Kier molecular flexibility index (Phi) is 6.56. The summed E-state index contributed by atoms with van der Waals surface area (Å²) in [6.45, 7) is 4.72. The van der Waals surface area contributed by atoms with E-state index in [1.165, 1.54) is 44.5 Å². The minimum absolute atomic E-state index is 0.145. The van der Waals surface area contributed by atoms with Gasteiger partial charge in [0.1, 0.15) is 11.5 Å². The minimum Gasteiger partial charge on any atom is -0.456 e. The van der Waals surface area contributed by atoms with Crippen molar-refractivity contribution >= 4 is 27.8 Å². The van der Waals surface area contributed by atoms with Crippen LogP contribution in [-0.2, 0) is 5.41 Å². The normalized spacial score (nSPS) is 13.2. The molecule has 0 radical (unpaired) electrons. The van der Waals surface area contributed by atoms with E-state index in [0.29, 0.717) is 0 Å². The molecule has 0 saturated heterocycles. The predicted molar refractivity (Wildman–Crippen MR) is 213 cm³/mol. The van der Waals surface area contributed by atoms with Gasteiger partial charge in [-0.1, -0.05) is 135 Å². The Bertz CT molecular complexity index is 2620. The highest BCUT2D eigenvalue weighted by atomic mass is 16.5. The van der Waals surface area contributed by atoms with E-state index in [2.05, 4.69) is 195 Å². The molecule has 0 spiro atoms. The van der Waals surface area contributed by atoms with E-state index >= 15 is 0 Å². The number of rotatable bonds is 5. The van der Waals surface area contributed by atoms with Crippen molar-refractivity contribution in [1.29, 1.82) is 0 Å². The van der Waals surface area contributed by atoms with E-state index in [1.54, 1.807) is 0 Å². The largest absolute Gasteiger partial charge is 0.456 e. The lowest BCUT2D eigenvalue weighted by Gasteiger charge is -2.30. The van der Waals surface area contributed by atoms with Crippen LogP contribution in [0.15, 0.2) is 176 Å². The summed E-state index contributed by atoms with van der Waals surface area (Å²) in [4.78, 5) is 2.41. The minimum atomic E-state index is -0.145. The van der Waals surface area contributed by atoms with E-state index in [9.17, 15) is 0 Å². The van der Waals surface area contributed by atoms with Crippen LogP contribution in [0, 0.1) is 0 Å². The Morgan fingerprint density at radius 2 is 1.08 bits per heavy atom. The van der Waals surface area contributed by atoms with Crippen molar-refractivity contribution in [1.82, 2.24) is 0 Å². The highest BCUT2D eigenvalue weighted by Gasteiger charge is 2.36. The van der Waals surface area contributed by atoms with Crippen LogP contribution >= 0.6 is 0 Å². The van der Waals surface area contributed by atoms with Crippen LogP contribution in [0.2, 0.25) is 0 Å². The lowest BCUT2D eigenvalue weighted by atomic mass is 9.82. The van der Waals surface area contributed by atoms with Crippen LogP contribution in [0.25, 0.3) is 55.3 Å². The second-order valence-electron chi connectivity index (χ2n) is 14.1. The lowest BCUT2D eigenvalue weighted by Crippen LogP contribution is -2.16. The molecule has 8 aromatic carbocycles. The van der Waals surface area contributed by atoms with Crippen LogP contribution < -0.4 is 9.64 Å². The molecule has 0 saturated carbocycles. The summed E-state index contributed by atoms with van der Waals surface area (Å²) in [5, 5.41) is 2.29. The van der Waals surface area contributed by atoms with Gasteiger partial charge in [-0.05, 0) is 105 Å². The Morgan fingerprint density at radius 1 is 0.412 bits per heavy atom. The molecule has 0 atom stereocenters. The summed E-state index contributed by atoms with van der Waals surface area (Å²) in [6.07, 6.45) is 0. The average molecular weight is 654 g/mol. The van der Waals surface area contributed by atoms with Crippen molar-refractivity contribution in [2.75, 3.05) is 4.90 Å². The van der Waals surface area contributed by atoms with Crippen LogP contribution in [0.5, 0.6) is 11.5 Å². The monoisotopic (exact) mass is 653 g/mol. The first-order valence-corrected chi connectivity index (χ1v) is 17.7. The molecule has 10 rings (SSSR count). The summed E-state index contributed by atoms with van der Waals surface area (Å²) in [7, 11) is 0. The van der Waals surface area contributed by atoms with Crippen molar-refractivity contribution in [2.45, 2.75) is 19.3 Å². The molecule has 0 unspecified atom stereocenters. The third-order valence-electron chi connectivity index (χ3n) is 10.9. The van der Waals surface area contributed by atoms with E-state index < -0.39 is 0 Å². The average Bonchev–Trinajstić information content (AvgIpc) is 3.41. The zero-order chi connectivity index (χ0) is 34.1. The molecule has 0 amide bonds. The summed E-state index contributed by atoms with van der Waals surface area (Å²) >= 11 is 0. The van der Waals surface area contributed by atoms with Crippen molar-refractivity contribution in [3.63, 3.8) is 0 Å². The summed E-state index contributed by atoms with van der Waals surface area (Å²) in [5.74, 6) is 1.77. The molecule has 1 aliphatic carbocycles. The number of ether oxygens (including phenoxy) is 1. The van der Waals surface area contributed by atoms with Gasteiger partial charge in [0.15, 0.2) is 0 Å². The summed E-state index contributed by atoms with van der Waals surface area (Å²) < 4.78 is 6.70. The topological polar surface area (TPSA) is 12.5 Å². The Balaban J connectivity index is 1.12. The fourth-order valence-corrected chi connectivity index (χ4v) is 8.32. The number of hydrogen-bond acceptors (Lipinski definition) is 2. The lowest BCUT2D eigenvalue weighted by molar-refractivity contribution is 0.487. The van der Waals surface area contributed by atoms with E-state index in [1.807, 2.05) is 0 Å². The smallest absolute Gasteiger partial charge is 0.136 e. The van der Waals surface area contributed by atoms with Gasteiger partial charge in [0.05, 0.1) is 5.69 Å². The quantitative estimate of drug-likeness (QED) is 0.183. The molecule has 2 heteroatoms. The van der Waals surface area contributed by atoms with Crippen LogP contribution in [0.1, 0.15) is 25.0 Å². The third-order valence-corrected chi connectivity index (χ3v) is 10.9. The highest BCUT2D eigenvalue weighted by Crippen LogP contribution is 2.54. The number of nitrogens with zero attached hydrogens (tertiary/aromatic N) is 1. The molecule has 0 bridgehead atoms. The van der Waals surface area contributed by atoms with Gasteiger partial charge in [-0.2, -0.15) is 0 Å². The Labute approximate surface area is 298 Å². The number of hydrogen-bond donors (Lipinski definition) is 0. The van der Waals surface area contributed by atoms with Gasteiger partial charge in [-0.3, -0.25) is 0 Å². The maximum absolute atomic E-state index is 6.70. The standard InChI is InChI=1S/C49H35NO/c1-49(2)43-26-22-34(32-13-6-3-7-14-32)29-42(43)38-25-23-37(31-44(38)49)50(36-17-10-5-11-18-36)45-27-28-46-48-40(19-12-20-41(45)48)39-24-21-35(30-47(39)51-46)33-15-8-4-9-16-33/h3-31H,1-2H3. The molecule has 0 fully saturated rings.